The second kappa shape index (κ2) is 6.34. The number of nitrogens with zero attached hydrogens (tertiary/aromatic N) is 2. The second-order valence-electron chi connectivity index (χ2n) is 5.38. The molecule has 0 atom stereocenters. The Morgan fingerprint density at radius 3 is 2.61 bits per heavy atom. The highest BCUT2D eigenvalue weighted by Crippen LogP contribution is 2.28. The van der Waals surface area contributed by atoms with E-state index in [9.17, 15) is 9.18 Å². The van der Waals surface area contributed by atoms with Crippen molar-refractivity contribution in [3.8, 4) is 10.4 Å². The summed E-state index contributed by atoms with van der Waals surface area (Å²) in [6, 6.07) is 11.8. The molecule has 0 bridgehead atoms. The van der Waals surface area contributed by atoms with Crippen molar-refractivity contribution < 1.29 is 9.18 Å². The number of halogens is 1. The van der Waals surface area contributed by atoms with Crippen LogP contribution >= 0.6 is 11.3 Å². The first-order valence-electron chi connectivity index (χ1n) is 7.25. The molecule has 6 heteroatoms. The van der Waals surface area contributed by atoms with Crippen LogP contribution in [0.25, 0.3) is 10.4 Å². The molecule has 0 aliphatic rings. The maximum absolute atomic E-state index is 13.0. The first kappa shape index (κ1) is 15.4. The summed E-state index contributed by atoms with van der Waals surface area (Å²) in [4.78, 5) is 13.9. The van der Waals surface area contributed by atoms with E-state index in [1.54, 1.807) is 35.1 Å². The summed E-state index contributed by atoms with van der Waals surface area (Å²) < 4.78 is 14.7. The Bertz CT molecular complexity index is 820. The standard InChI is InChI=1S/C17H16FN3OS/c1-11(2)21-16(9-10-19-21)20-17(22)15-8-7-14(23-15)12-3-5-13(18)6-4-12/h3-11H,1-2H3,(H,20,22). The molecule has 2 heterocycles. The van der Waals surface area contributed by atoms with Gasteiger partial charge in [-0.1, -0.05) is 12.1 Å². The number of thiophene rings is 1. The van der Waals surface area contributed by atoms with Crippen molar-refractivity contribution in [1.29, 1.82) is 0 Å². The summed E-state index contributed by atoms with van der Waals surface area (Å²) in [5, 5.41) is 7.07. The Kier molecular flexibility index (Phi) is 4.25. The third-order valence-corrected chi connectivity index (χ3v) is 4.49. The van der Waals surface area contributed by atoms with Gasteiger partial charge in [-0.3, -0.25) is 4.79 Å². The maximum Gasteiger partial charge on any atom is 0.266 e. The number of rotatable bonds is 4. The summed E-state index contributed by atoms with van der Waals surface area (Å²) in [6.45, 7) is 4.00. The average molecular weight is 329 g/mol. The molecule has 0 aliphatic carbocycles. The van der Waals surface area contributed by atoms with Gasteiger partial charge in [-0.15, -0.1) is 11.3 Å². The summed E-state index contributed by atoms with van der Waals surface area (Å²) in [5.74, 6) is 0.220. The third kappa shape index (κ3) is 3.32. The Labute approximate surface area is 137 Å². The second-order valence-corrected chi connectivity index (χ2v) is 6.46. The summed E-state index contributed by atoms with van der Waals surface area (Å²) in [5.41, 5.74) is 0.891. The van der Waals surface area contributed by atoms with Gasteiger partial charge in [0.15, 0.2) is 0 Å². The van der Waals surface area contributed by atoms with Crippen LogP contribution in [0, 0.1) is 5.82 Å². The quantitative estimate of drug-likeness (QED) is 0.761. The maximum atomic E-state index is 13.0. The Morgan fingerprint density at radius 2 is 1.91 bits per heavy atom. The van der Waals surface area contributed by atoms with Crippen molar-refractivity contribution in [2.45, 2.75) is 19.9 Å². The zero-order valence-corrected chi connectivity index (χ0v) is 13.6. The molecule has 0 unspecified atom stereocenters. The van der Waals surface area contributed by atoms with Crippen molar-refractivity contribution in [2.24, 2.45) is 0 Å². The van der Waals surface area contributed by atoms with Gasteiger partial charge < -0.3 is 5.32 Å². The van der Waals surface area contributed by atoms with E-state index in [-0.39, 0.29) is 17.8 Å². The van der Waals surface area contributed by atoms with E-state index in [0.29, 0.717) is 10.7 Å². The van der Waals surface area contributed by atoms with Gasteiger partial charge in [-0.25, -0.2) is 9.07 Å². The van der Waals surface area contributed by atoms with Crippen LogP contribution in [0.1, 0.15) is 29.6 Å². The molecule has 3 aromatic rings. The Balaban J connectivity index is 1.78. The zero-order chi connectivity index (χ0) is 16.4. The van der Waals surface area contributed by atoms with Crippen molar-refractivity contribution in [3.63, 3.8) is 0 Å². The van der Waals surface area contributed by atoms with Gasteiger partial charge in [0.1, 0.15) is 11.6 Å². The lowest BCUT2D eigenvalue weighted by Gasteiger charge is -2.11. The predicted octanol–water partition coefficient (Wildman–Crippen LogP) is 4.58. The number of amides is 1. The van der Waals surface area contributed by atoms with Crippen molar-refractivity contribution in [3.05, 3.63) is 59.4 Å². The highest BCUT2D eigenvalue weighted by atomic mass is 32.1. The number of carbonyl (C=O) groups excluding carboxylic acids is 1. The molecule has 4 nitrogen and oxygen atoms in total. The molecule has 0 radical (unpaired) electrons. The van der Waals surface area contributed by atoms with E-state index >= 15 is 0 Å². The molecule has 23 heavy (non-hydrogen) atoms. The fourth-order valence-electron chi connectivity index (χ4n) is 2.23. The van der Waals surface area contributed by atoms with Crippen molar-refractivity contribution >= 4 is 23.1 Å². The minimum absolute atomic E-state index is 0.165. The number of benzene rings is 1. The van der Waals surface area contributed by atoms with Crippen LogP contribution in [0.5, 0.6) is 0 Å². The number of anilines is 1. The van der Waals surface area contributed by atoms with E-state index < -0.39 is 0 Å². The van der Waals surface area contributed by atoms with E-state index in [1.165, 1.54) is 23.5 Å². The van der Waals surface area contributed by atoms with Gasteiger partial charge in [-0.05, 0) is 43.7 Å². The van der Waals surface area contributed by atoms with Gasteiger partial charge in [0.05, 0.1) is 11.1 Å². The third-order valence-electron chi connectivity index (χ3n) is 3.36. The lowest BCUT2D eigenvalue weighted by Crippen LogP contribution is -2.15. The normalized spacial score (nSPS) is 11.0. The summed E-state index contributed by atoms with van der Waals surface area (Å²) >= 11 is 1.37. The van der Waals surface area contributed by atoms with Gasteiger partial charge in [-0.2, -0.15) is 5.10 Å². The van der Waals surface area contributed by atoms with Crippen LogP contribution in [0.4, 0.5) is 10.2 Å². The fraction of sp³-hybridized carbons (Fsp3) is 0.176. The number of aromatic nitrogens is 2. The topological polar surface area (TPSA) is 46.9 Å². The predicted molar refractivity (Wildman–Crippen MR) is 90.3 cm³/mol. The molecule has 0 fully saturated rings. The summed E-state index contributed by atoms with van der Waals surface area (Å²) in [7, 11) is 0. The minimum Gasteiger partial charge on any atom is -0.306 e. The van der Waals surface area contributed by atoms with Crippen LogP contribution < -0.4 is 5.32 Å². The molecule has 2 aromatic heterocycles. The zero-order valence-electron chi connectivity index (χ0n) is 12.8. The Hall–Kier alpha value is -2.47. The van der Waals surface area contributed by atoms with E-state index in [2.05, 4.69) is 10.4 Å². The lowest BCUT2D eigenvalue weighted by atomic mass is 10.2. The van der Waals surface area contributed by atoms with E-state index in [4.69, 9.17) is 0 Å². The molecule has 3 rings (SSSR count). The van der Waals surface area contributed by atoms with Crippen LogP contribution in [0.3, 0.4) is 0 Å². The number of hydrogen-bond acceptors (Lipinski definition) is 3. The Morgan fingerprint density at radius 1 is 1.17 bits per heavy atom. The van der Waals surface area contributed by atoms with E-state index in [0.717, 1.165) is 10.4 Å². The largest absolute Gasteiger partial charge is 0.306 e. The van der Waals surface area contributed by atoms with Crippen LogP contribution in [-0.4, -0.2) is 15.7 Å². The minimum atomic E-state index is -0.273. The average Bonchev–Trinajstić information content (AvgIpc) is 3.16. The molecule has 0 spiro atoms. The van der Waals surface area contributed by atoms with Gasteiger partial charge in [0, 0.05) is 17.0 Å². The number of nitrogens with one attached hydrogen (secondary N) is 1. The molecular weight excluding hydrogens is 313 g/mol. The molecule has 0 aliphatic heterocycles. The molecule has 1 amide bonds. The molecule has 1 aromatic carbocycles. The van der Waals surface area contributed by atoms with Gasteiger partial charge >= 0.3 is 0 Å². The number of hydrogen-bond donors (Lipinski definition) is 1. The van der Waals surface area contributed by atoms with Gasteiger partial charge in [0.25, 0.3) is 5.91 Å². The highest BCUT2D eigenvalue weighted by Gasteiger charge is 2.14. The molecular formula is C17H16FN3OS. The highest BCUT2D eigenvalue weighted by molar-refractivity contribution is 7.17. The first-order valence-corrected chi connectivity index (χ1v) is 8.07. The fourth-order valence-corrected chi connectivity index (χ4v) is 3.14. The van der Waals surface area contributed by atoms with Crippen molar-refractivity contribution in [2.75, 3.05) is 5.32 Å². The SMILES string of the molecule is CC(C)n1nccc1NC(=O)c1ccc(-c2ccc(F)cc2)s1. The molecule has 0 saturated heterocycles. The molecule has 1 N–H and O–H groups in total. The molecule has 118 valence electrons. The number of carbonyl (C=O) groups is 1. The van der Waals surface area contributed by atoms with Crippen LogP contribution in [0.15, 0.2) is 48.7 Å². The lowest BCUT2D eigenvalue weighted by molar-refractivity contribution is 0.102. The molecule has 0 saturated carbocycles. The smallest absolute Gasteiger partial charge is 0.266 e. The first-order chi connectivity index (χ1) is 11.0. The van der Waals surface area contributed by atoms with E-state index in [1.807, 2.05) is 19.9 Å². The van der Waals surface area contributed by atoms with Gasteiger partial charge in [0.2, 0.25) is 0 Å². The summed E-state index contributed by atoms with van der Waals surface area (Å²) in [6.07, 6.45) is 1.66. The van der Waals surface area contributed by atoms with Crippen molar-refractivity contribution in [1.82, 2.24) is 9.78 Å². The monoisotopic (exact) mass is 329 g/mol. The van der Waals surface area contributed by atoms with Crippen LogP contribution in [-0.2, 0) is 0 Å². The van der Waals surface area contributed by atoms with Crippen LogP contribution in [0.2, 0.25) is 0 Å².